The van der Waals surface area contributed by atoms with Crippen molar-refractivity contribution in [3.8, 4) is 0 Å². The van der Waals surface area contributed by atoms with E-state index < -0.39 is 54.6 Å². The van der Waals surface area contributed by atoms with Crippen molar-refractivity contribution in [3.05, 3.63) is 65.0 Å². The molecule has 204 valence electrons. The van der Waals surface area contributed by atoms with E-state index in [-0.39, 0.29) is 17.5 Å². The number of nitrogens with zero attached hydrogens (tertiary/aromatic N) is 2. The predicted octanol–water partition coefficient (Wildman–Crippen LogP) is 5.14. The van der Waals surface area contributed by atoms with Crippen LogP contribution >= 0.6 is 0 Å². The number of hydrogen-bond donors (Lipinski definition) is 1. The number of carbonyl (C=O) groups excluding carboxylic acids is 3. The standard InChI is InChI=1S/C27H29F4N3O4/c1-16(27(29,30)31)33(14-17-5-7-19(28)8-6-17)22(35)15-34-23(36)26(38-24(34)37)12-11-18-13-20(9-10-21(18)26)32-25(2,3)4/h5-10,13,16,32H,11-12,14-15H2,1-4H3/t16-,26+/m0/s1. The fourth-order valence-electron chi connectivity index (χ4n) is 4.79. The SMILES string of the molecule is C[C@H](N(Cc1ccc(F)cc1)C(=O)CN1C(=O)O[C@@]2(CCc3cc(NC(C)(C)C)ccc32)C1=O)C(F)(F)F. The average Bonchev–Trinajstić information content (AvgIpc) is 3.28. The topological polar surface area (TPSA) is 79.0 Å². The van der Waals surface area contributed by atoms with Crippen LogP contribution in [-0.2, 0) is 32.9 Å². The van der Waals surface area contributed by atoms with Crippen molar-refractivity contribution in [2.45, 2.75) is 70.4 Å². The highest BCUT2D eigenvalue weighted by atomic mass is 19.4. The Kier molecular flexibility index (Phi) is 6.92. The van der Waals surface area contributed by atoms with Gasteiger partial charge in [0, 0.05) is 29.8 Å². The largest absolute Gasteiger partial charge is 0.427 e. The van der Waals surface area contributed by atoms with Crippen LogP contribution in [0.2, 0.25) is 0 Å². The number of carbonyl (C=O) groups is 3. The summed E-state index contributed by atoms with van der Waals surface area (Å²) < 4.78 is 59.6. The third-order valence-electron chi connectivity index (χ3n) is 6.70. The molecule has 7 nitrogen and oxygen atoms in total. The molecule has 0 unspecified atom stereocenters. The number of benzene rings is 2. The molecule has 1 saturated heterocycles. The Balaban J connectivity index is 1.57. The van der Waals surface area contributed by atoms with Crippen LogP contribution in [-0.4, -0.2) is 52.0 Å². The van der Waals surface area contributed by atoms with Crippen molar-refractivity contribution in [1.29, 1.82) is 0 Å². The van der Waals surface area contributed by atoms with E-state index >= 15 is 0 Å². The first kappa shape index (κ1) is 27.4. The highest BCUT2D eigenvalue weighted by Crippen LogP contribution is 2.46. The average molecular weight is 536 g/mol. The summed E-state index contributed by atoms with van der Waals surface area (Å²) in [5.74, 6) is -2.46. The van der Waals surface area contributed by atoms with Gasteiger partial charge < -0.3 is 15.0 Å². The van der Waals surface area contributed by atoms with Crippen molar-refractivity contribution in [2.75, 3.05) is 11.9 Å². The van der Waals surface area contributed by atoms with Gasteiger partial charge >= 0.3 is 12.3 Å². The van der Waals surface area contributed by atoms with Gasteiger partial charge in [-0.25, -0.2) is 14.1 Å². The molecule has 1 aliphatic heterocycles. The van der Waals surface area contributed by atoms with E-state index in [9.17, 15) is 31.9 Å². The molecule has 1 fully saturated rings. The molecule has 3 amide bonds. The van der Waals surface area contributed by atoms with E-state index in [4.69, 9.17) is 4.74 Å². The lowest BCUT2D eigenvalue weighted by atomic mass is 9.94. The van der Waals surface area contributed by atoms with Gasteiger partial charge in [-0.1, -0.05) is 18.2 Å². The van der Waals surface area contributed by atoms with E-state index in [0.29, 0.717) is 21.8 Å². The van der Waals surface area contributed by atoms with E-state index in [1.807, 2.05) is 26.8 Å². The van der Waals surface area contributed by atoms with Crippen LogP contribution in [0.4, 0.5) is 28.0 Å². The number of fused-ring (bicyclic) bond motifs is 2. The first-order valence-corrected chi connectivity index (χ1v) is 12.2. The monoisotopic (exact) mass is 535 g/mol. The Hall–Kier alpha value is -3.63. The number of anilines is 1. The lowest BCUT2D eigenvalue weighted by Crippen LogP contribution is -2.51. The second-order valence-electron chi connectivity index (χ2n) is 10.7. The summed E-state index contributed by atoms with van der Waals surface area (Å²) in [5, 5.41) is 3.34. The zero-order valence-electron chi connectivity index (χ0n) is 21.5. The Labute approximate surface area is 217 Å². The smallest absolute Gasteiger partial charge is 0.418 e. The van der Waals surface area contributed by atoms with Crippen molar-refractivity contribution >= 4 is 23.6 Å². The van der Waals surface area contributed by atoms with E-state index in [1.54, 1.807) is 12.1 Å². The molecule has 0 saturated carbocycles. The van der Waals surface area contributed by atoms with Crippen LogP contribution in [0.1, 0.15) is 50.8 Å². The van der Waals surface area contributed by atoms with Crippen molar-refractivity contribution in [1.82, 2.24) is 9.80 Å². The Morgan fingerprint density at radius 2 is 1.79 bits per heavy atom. The molecule has 4 rings (SSSR count). The van der Waals surface area contributed by atoms with E-state index in [2.05, 4.69) is 5.32 Å². The zero-order chi connectivity index (χ0) is 28.0. The lowest BCUT2D eigenvalue weighted by Gasteiger charge is -2.31. The molecule has 0 radical (unpaired) electrons. The van der Waals surface area contributed by atoms with Gasteiger partial charge in [0.05, 0.1) is 0 Å². The van der Waals surface area contributed by atoms with Gasteiger partial charge in [-0.05, 0) is 69.5 Å². The molecular weight excluding hydrogens is 506 g/mol. The number of ether oxygens (including phenoxy) is 1. The van der Waals surface area contributed by atoms with Crippen LogP contribution in [0.3, 0.4) is 0 Å². The summed E-state index contributed by atoms with van der Waals surface area (Å²) >= 11 is 0. The molecule has 0 aromatic heterocycles. The minimum atomic E-state index is -4.77. The highest BCUT2D eigenvalue weighted by Gasteiger charge is 2.58. The molecular formula is C27H29F4N3O4. The fourth-order valence-corrected chi connectivity index (χ4v) is 4.79. The maximum absolute atomic E-state index is 13.6. The zero-order valence-corrected chi connectivity index (χ0v) is 21.5. The van der Waals surface area contributed by atoms with Crippen LogP contribution in [0.15, 0.2) is 42.5 Å². The number of halogens is 4. The van der Waals surface area contributed by atoms with Gasteiger partial charge in [0.2, 0.25) is 11.5 Å². The lowest BCUT2D eigenvalue weighted by molar-refractivity contribution is -0.187. The summed E-state index contributed by atoms with van der Waals surface area (Å²) in [7, 11) is 0. The minimum absolute atomic E-state index is 0.162. The summed E-state index contributed by atoms with van der Waals surface area (Å²) in [4.78, 5) is 40.4. The fraction of sp³-hybridized carbons (Fsp3) is 0.444. The third kappa shape index (κ3) is 5.32. The van der Waals surface area contributed by atoms with E-state index in [0.717, 1.165) is 30.3 Å². The molecule has 0 bridgehead atoms. The first-order chi connectivity index (χ1) is 17.6. The summed E-state index contributed by atoms with van der Waals surface area (Å²) in [6.45, 7) is 5.39. The second-order valence-corrected chi connectivity index (χ2v) is 10.7. The number of amides is 3. The molecule has 2 aromatic carbocycles. The van der Waals surface area contributed by atoms with Crippen molar-refractivity contribution in [2.24, 2.45) is 0 Å². The van der Waals surface area contributed by atoms with Crippen molar-refractivity contribution in [3.63, 3.8) is 0 Å². The molecule has 2 aromatic rings. The normalized spacial score (nSPS) is 19.9. The van der Waals surface area contributed by atoms with Gasteiger partial charge in [0.15, 0.2) is 0 Å². The molecule has 1 heterocycles. The van der Waals surface area contributed by atoms with Gasteiger partial charge in [0.1, 0.15) is 18.4 Å². The first-order valence-electron chi connectivity index (χ1n) is 12.2. The number of nitrogens with one attached hydrogen (secondary N) is 1. The number of imide groups is 1. The maximum Gasteiger partial charge on any atom is 0.418 e. The highest BCUT2D eigenvalue weighted by molar-refractivity contribution is 6.06. The van der Waals surface area contributed by atoms with Crippen LogP contribution in [0.25, 0.3) is 0 Å². The summed E-state index contributed by atoms with van der Waals surface area (Å²) in [5.41, 5.74) is 0.561. The minimum Gasteiger partial charge on any atom is -0.427 e. The molecule has 1 N–H and O–H groups in total. The molecule has 1 aliphatic carbocycles. The maximum atomic E-state index is 13.6. The predicted molar refractivity (Wildman–Crippen MR) is 130 cm³/mol. The molecule has 2 aliphatic rings. The third-order valence-corrected chi connectivity index (χ3v) is 6.70. The quantitative estimate of drug-likeness (QED) is 0.519. The molecule has 2 atom stereocenters. The van der Waals surface area contributed by atoms with Crippen LogP contribution in [0, 0.1) is 5.82 Å². The van der Waals surface area contributed by atoms with Gasteiger partial charge in [-0.15, -0.1) is 0 Å². The van der Waals surface area contributed by atoms with Crippen LogP contribution in [0.5, 0.6) is 0 Å². The van der Waals surface area contributed by atoms with Crippen molar-refractivity contribution < 1.29 is 36.7 Å². The van der Waals surface area contributed by atoms with Gasteiger partial charge in [-0.2, -0.15) is 13.2 Å². The number of alkyl halides is 3. The second kappa shape index (κ2) is 9.59. The number of hydrogen-bond acceptors (Lipinski definition) is 5. The number of rotatable bonds is 6. The van der Waals surface area contributed by atoms with E-state index in [1.165, 1.54) is 12.1 Å². The number of aryl methyl sites for hydroxylation is 1. The molecule has 1 spiro atoms. The summed E-state index contributed by atoms with van der Waals surface area (Å²) in [6, 6.07) is 7.79. The van der Waals surface area contributed by atoms with Crippen LogP contribution < -0.4 is 5.32 Å². The Morgan fingerprint density at radius 1 is 1.13 bits per heavy atom. The molecule has 11 heteroatoms. The molecule has 38 heavy (non-hydrogen) atoms. The Bertz CT molecular complexity index is 1260. The Morgan fingerprint density at radius 3 is 2.39 bits per heavy atom. The van der Waals surface area contributed by atoms with Gasteiger partial charge in [0.25, 0.3) is 5.91 Å². The summed E-state index contributed by atoms with van der Waals surface area (Å²) in [6.07, 6.45) is -5.25. The van der Waals surface area contributed by atoms with Gasteiger partial charge in [-0.3, -0.25) is 9.59 Å².